The van der Waals surface area contributed by atoms with Crippen LogP contribution in [0.5, 0.6) is 0 Å². The standard InChI is InChI=1S/C15H21NO2/c1-15(2,14(17)18)13-5-3-11(4-6-13)12-7-9-16-10-8-12/h3-6,12,16H,7-10H2,1-2H3,(H,17,18). The molecule has 2 rings (SSSR count). The summed E-state index contributed by atoms with van der Waals surface area (Å²) in [6.45, 7) is 5.64. The summed E-state index contributed by atoms with van der Waals surface area (Å²) in [6, 6.07) is 8.11. The number of carboxylic acids is 1. The second kappa shape index (κ2) is 5.11. The molecular formula is C15H21NO2. The predicted octanol–water partition coefficient (Wildman–Crippen LogP) is 2.52. The molecule has 3 nitrogen and oxygen atoms in total. The number of piperidine rings is 1. The lowest BCUT2D eigenvalue weighted by atomic mass is 9.82. The lowest BCUT2D eigenvalue weighted by molar-refractivity contribution is -0.142. The van der Waals surface area contributed by atoms with Crippen LogP contribution in [0.3, 0.4) is 0 Å². The summed E-state index contributed by atoms with van der Waals surface area (Å²) < 4.78 is 0. The van der Waals surface area contributed by atoms with Crippen molar-refractivity contribution >= 4 is 5.97 Å². The second-order valence-electron chi connectivity index (χ2n) is 5.58. The molecule has 0 radical (unpaired) electrons. The third-order valence-electron chi connectivity index (χ3n) is 3.98. The third-order valence-corrected chi connectivity index (χ3v) is 3.98. The maximum Gasteiger partial charge on any atom is 0.313 e. The number of carboxylic acid groups (broad SMARTS) is 1. The summed E-state index contributed by atoms with van der Waals surface area (Å²) >= 11 is 0. The third kappa shape index (κ3) is 2.56. The molecule has 18 heavy (non-hydrogen) atoms. The first kappa shape index (κ1) is 13.1. The van der Waals surface area contributed by atoms with Gasteiger partial charge in [-0.1, -0.05) is 24.3 Å². The van der Waals surface area contributed by atoms with Gasteiger partial charge in [-0.2, -0.15) is 0 Å². The number of hydrogen-bond acceptors (Lipinski definition) is 2. The number of nitrogens with one attached hydrogen (secondary N) is 1. The minimum absolute atomic E-state index is 0.619. The van der Waals surface area contributed by atoms with Gasteiger partial charge in [0, 0.05) is 0 Å². The molecule has 1 aromatic rings. The molecule has 0 spiro atoms. The summed E-state index contributed by atoms with van der Waals surface area (Å²) in [6.07, 6.45) is 2.34. The average Bonchev–Trinajstić information content (AvgIpc) is 2.40. The fraction of sp³-hybridized carbons (Fsp3) is 0.533. The molecule has 1 aromatic carbocycles. The first-order valence-electron chi connectivity index (χ1n) is 6.56. The van der Waals surface area contributed by atoms with Gasteiger partial charge in [-0.3, -0.25) is 4.79 Å². The Morgan fingerprint density at radius 2 is 1.78 bits per heavy atom. The number of benzene rings is 1. The van der Waals surface area contributed by atoms with Gasteiger partial charge in [0.2, 0.25) is 0 Å². The Morgan fingerprint density at radius 1 is 1.22 bits per heavy atom. The summed E-state index contributed by atoms with van der Waals surface area (Å²) in [5.74, 6) is -0.162. The second-order valence-corrected chi connectivity index (χ2v) is 5.58. The molecule has 1 heterocycles. The number of rotatable bonds is 3. The van der Waals surface area contributed by atoms with Gasteiger partial charge in [0.1, 0.15) is 0 Å². The highest BCUT2D eigenvalue weighted by Gasteiger charge is 2.29. The molecule has 0 amide bonds. The van der Waals surface area contributed by atoms with Crippen molar-refractivity contribution in [2.75, 3.05) is 13.1 Å². The largest absolute Gasteiger partial charge is 0.481 e. The fourth-order valence-electron chi connectivity index (χ4n) is 2.45. The first-order chi connectivity index (χ1) is 8.51. The minimum atomic E-state index is -0.813. The van der Waals surface area contributed by atoms with Crippen LogP contribution in [0, 0.1) is 0 Å². The number of hydrogen-bond donors (Lipinski definition) is 2. The highest BCUT2D eigenvalue weighted by Crippen LogP contribution is 2.28. The molecule has 0 bridgehead atoms. The number of aliphatic carboxylic acids is 1. The molecular weight excluding hydrogens is 226 g/mol. The minimum Gasteiger partial charge on any atom is -0.481 e. The predicted molar refractivity (Wildman–Crippen MR) is 71.9 cm³/mol. The smallest absolute Gasteiger partial charge is 0.313 e. The van der Waals surface area contributed by atoms with E-state index in [4.69, 9.17) is 0 Å². The van der Waals surface area contributed by atoms with Gasteiger partial charge in [-0.15, -0.1) is 0 Å². The zero-order valence-corrected chi connectivity index (χ0v) is 11.1. The monoisotopic (exact) mass is 247 g/mol. The quantitative estimate of drug-likeness (QED) is 0.863. The van der Waals surface area contributed by atoms with Gasteiger partial charge in [-0.05, 0) is 56.8 Å². The Labute approximate surface area is 108 Å². The van der Waals surface area contributed by atoms with Gasteiger partial charge in [-0.25, -0.2) is 0 Å². The molecule has 3 heteroatoms. The van der Waals surface area contributed by atoms with Crippen LogP contribution in [-0.4, -0.2) is 24.2 Å². The van der Waals surface area contributed by atoms with Crippen LogP contribution in [0.15, 0.2) is 24.3 Å². The Balaban J connectivity index is 2.17. The highest BCUT2D eigenvalue weighted by atomic mass is 16.4. The van der Waals surface area contributed by atoms with Crippen molar-refractivity contribution in [1.29, 1.82) is 0 Å². The molecule has 1 aliphatic heterocycles. The SMILES string of the molecule is CC(C)(C(=O)O)c1ccc(C2CCNCC2)cc1. The molecule has 0 atom stereocenters. The number of carbonyl (C=O) groups is 1. The molecule has 1 saturated heterocycles. The fourth-order valence-corrected chi connectivity index (χ4v) is 2.45. The Hall–Kier alpha value is -1.35. The summed E-state index contributed by atoms with van der Waals surface area (Å²) in [5.41, 5.74) is 1.39. The van der Waals surface area contributed by atoms with Crippen molar-refractivity contribution in [3.05, 3.63) is 35.4 Å². The zero-order chi connectivity index (χ0) is 13.2. The van der Waals surface area contributed by atoms with E-state index in [2.05, 4.69) is 17.4 Å². The summed E-state index contributed by atoms with van der Waals surface area (Å²) in [5, 5.41) is 12.6. The van der Waals surface area contributed by atoms with Gasteiger partial charge in [0.05, 0.1) is 5.41 Å². The van der Waals surface area contributed by atoms with Crippen molar-refractivity contribution in [3.8, 4) is 0 Å². The molecule has 0 unspecified atom stereocenters. The molecule has 0 aliphatic carbocycles. The van der Waals surface area contributed by atoms with Crippen molar-refractivity contribution < 1.29 is 9.90 Å². The maximum atomic E-state index is 11.2. The lowest BCUT2D eigenvalue weighted by Gasteiger charge is -2.24. The maximum absolute atomic E-state index is 11.2. The van der Waals surface area contributed by atoms with E-state index >= 15 is 0 Å². The molecule has 1 fully saturated rings. The van der Waals surface area contributed by atoms with Crippen LogP contribution in [0.25, 0.3) is 0 Å². The van der Waals surface area contributed by atoms with Crippen molar-refractivity contribution in [1.82, 2.24) is 5.32 Å². The Morgan fingerprint density at radius 3 is 2.28 bits per heavy atom. The van der Waals surface area contributed by atoms with Crippen molar-refractivity contribution in [2.24, 2.45) is 0 Å². The van der Waals surface area contributed by atoms with Crippen LogP contribution in [0.2, 0.25) is 0 Å². The molecule has 1 aliphatic rings. The van der Waals surface area contributed by atoms with Crippen LogP contribution in [0.1, 0.15) is 43.7 Å². The topological polar surface area (TPSA) is 49.3 Å². The Bertz CT molecular complexity index is 417. The van der Waals surface area contributed by atoms with Gasteiger partial charge < -0.3 is 10.4 Å². The van der Waals surface area contributed by atoms with Gasteiger partial charge >= 0.3 is 5.97 Å². The molecule has 98 valence electrons. The summed E-state index contributed by atoms with van der Waals surface area (Å²) in [7, 11) is 0. The lowest BCUT2D eigenvalue weighted by Crippen LogP contribution is -2.29. The average molecular weight is 247 g/mol. The van der Waals surface area contributed by atoms with E-state index in [0.29, 0.717) is 5.92 Å². The molecule has 0 saturated carbocycles. The first-order valence-corrected chi connectivity index (χ1v) is 6.56. The van der Waals surface area contributed by atoms with E-state index < -0.39 is 11.4 Å². The van der Waals surface area contributed by atoms with E-state index in [1.807, 2.05) is 12.1 Å². The molecule has 2 N–H and O–H groups in total. The zero-order valence-electron chi connectivity index (χ0n) is 11.1. The van der Waals surface area contributed by atoms with E-state index in [0.717, 1.165) is 18.7 Å². The normalized spacial score (nSPS) is 17.7. The highest BCUT2D eigenvalue weighted by molar-refractivity contribution is 5.80. The van der Waals surface area contributed by atoms with Crippen LogP contribution in [-0.2, 0) is 10.2 Å². The van der Waals surface area contributed by atoms with E-state index in [9.17, 15) is 9.90 Å². The van der Waals surface area contributed by atoms with Gasteiger partial charge in [0.25, 0.3) is 0 Å². The van der Waals surface area contributed by atoms with Crippen LogP contribution < -0.4 is 5.32 Å². The molecule has 0 aromatic heterocycles. The van der Waals surface area contributed by atoms with Crippen molar-refractivity contribution in [2.45, 2.75) is 38.0 Å². The van der Waals surface area contributed by atoms with E-state index in [1.54, 1.807) is 13.8 Å². The van der Waals surface area contributed by atoms with Crippen LogP contribution >= 0.6 is 0 Å². The Kier molecular flexibility index (Phi) is 3.71. The van der Waals surface area contributed by atoms with Crippen LogP contribution in [0.4, 0.5) is 0 Å². The van der Waals surface area contributed by atoms with E-state index in [1.165, 1.54) is 18.4 Å². The summed E-state index contributed by atoms with van der Waals surface area (Å²) in [4.78, 5) is 11.2. The van der Waals surface area contributed by atoms with E-state index in [-0.39, 0.29) is 0 Å². The van der Waals surface area contributed by atoms with Crippen molar-refractivity contribution in [3.63, 3.8) is 0 Å². The van der Waals surface area contributed by atoms with Gasteiger partial charge in [0.15, 0.2) is 0 Å².